The molecule has 2 aromatic carbocycles. The number of ether oxygens (including phenoxy) is 1. The van der Waals surface area contributed by atoms with Crippen molar-refractivity contribution in [3.8, 4) is 0 Å². The first-order chi connectivity index (χ1) is 8.63. The van der Waals surface area contributed by atoms with E-state index in [0.717, 1.165) is 21.9 Å². The second kappa shape index (κ2) is 5.19. The predicted molar refractivity (Wildman–Crippen MR) is 70.3 cm³/mol. The molecule has 18 heavy (non-hydrogen) atoms. The average molecular weight is 244 g/mol. The summed E-state index contributed by atoms with van der Waals surface area (Å²) in [6.07, 6.45) is -0.855. The Hall–Kier alpha value is -1.87. The van der Waals surface area contributed by atoms with Gasteiger partial charge in [0.2, 0.25) is 0 Å². The van der Waals surface area contributed by atoms with E-state index in [1.807, 2.05) is 43.3 Å². The van der Waals surface area contributed by atoms with Crippen LogP contribution in [0.2, 0.25) is 0 Å². The third-order valence-corrected chi connectivity index (χ3v) is 3.12. The molecule has 0 aliphatic carbocycles. The number of aliphatic hydroxyl groups excluding tert-OH is 1. The van der Waals surface area contributed by atoms with Gasteiger partial charge in [-0.05, 0) is 28.8 Å². The number of carbonyl (C=O) groups is 1. The van der Waals surface area contributed by atoms with E-state index in [-0.39, 0.29) is 6.42 Å². The van der Waals surface area contributed by atoms with Crippen molar-refractivity contribution >= 4 is 16.7 Å². The van der Waals surface area contributed by atoms with Crippen LogP contribution in [-0.4, -0.2) is 18.2 Å². The molecule has 0 spiro atoms. The lowest BCUT2D eigenvalue weighted by molar-refractivity contribution is -0.142. The first-order valence-corrected chi connectivity index (χ1v) is 5.86. The van der Waals surface area contributed by atoms with Gasteiger partial charge in [-0.25, -0.2) is 0 Å². The maximum absolute atomic E-state index is 11.2. The molecule has 1 atom stereocenters. The van der Waals surface area contributed by atoms with Crippen LogP contribution in [0.15, 0.2) is 36.4 Å². The zero-order valence-corrected chi connectivity index (χ0v) is 10.5. The molecular formula is C15H16O3. The molecule has 0 unspecified atom stereocenters. The van der Waals surface area contributed by atoms with Gasteiger partial charge in [-0.3, -0.25) is 4.79 Å². The number of fused-ring (bicyclic) bond motifs is 1. The highest BCUT2D eigenvalue weighted by Crippen LogP contribution is 2.28. The number of esters is 1. The molecular weight excluding hydrogens is 228 g/mol. The fraction of sp³-hybridized carbons (Fsp3) is 0.267. The van der Waals surface area contributed by atoms with Crippen molar-refractivity contribution in [2.24, 2.45) is 0 Å². The Morgan fingerprint density at radius 1 is 1.22 bits per heavy atom. The highest BCUT2D eigenvalue weighted by atomic mass is 16.5. The van der Waals surface area contributed by atoms with Crippen molar-refractivity contribution < 1.29 is 14.6 Å². The van der Waals surface area contributed by atoms with E-state index >= 15 is 0 Å². The van der Waals surface area contributed by atoms with E-state index in [4.69, 9.17) is 0 Å². The Kier molecular flexibility index (Phi) is 3.63. The molecule has 0 aromatic heterocycles. The summed E-state index contributed by atoms with van der Waals surface area (Å²) < 4.78 is 4.58. The third kappa shape index (κ3) is 2.36. The number of aliphatic hydroxyl groups is 1. The monoisotopic (exact) mass is 244 g/mol. The number of rotatable bonds is 3. The molecule has 0 amide bonds. The molecule has 0 saturated heterocycles. The molecule has 3 nitrogen and oxygen atoms in total. The normalized spacial score (nSPS) is 12.4. The second-order valence-electron chi connectivity index (χ2n) is 4.31. The summed E-state index contributed by atoms with van der Waals surface area (Å²) in [5.74, 6) is -0.410. The zero-order chi connectivity index (χ0) is 13.1. The van der Waals surface area contributed by atoms with Gasteiger partial charge in [-0.2, -0.15) is 0 Å². The SMILES string of the molecule is COC(=O)C[C@@H](O)c1ccc(C)c2ccccc12. The van der Waals surface area contributed by atoms with Crippen molar-refractivity contribution in [3.05, 3.63) is 47.5 Å². The number of aryl methyl sites for hydroxylation is 1. The zero-order valence-electron chi connectivity index (χ0n) is 10.5. The van der Waals surface area contributed by atoms with Crippen LogP contribution < -0.4 is 0 Å². The Morgan fingerprint density at radius 3 is 2.56 bits per heavy atom. The summed E-state index contributed by atoms with van der Waals surface area (Å²) in [6.45, 7) is 2.03. The van der Waals surface area contributed by atoms with Crippen LogP contribution in [0.1, 0.15) is 23.7 Å². The molecule has 0 saturated carbocycles. The van der Waals surface area contributed by atoms with Crippen molar-refractivity contribution in [1.29, 1.82) is 0 Å². The van der Waals surface area contributed by atoms with Crippen LogP contribution in [0, 0.1) is 6.92 Å². The number of hydrogen-bond acceptors (Lipinski definition) is 3. The van der Waals surface area contributed by atoms with Crippen molar-refractivity contribution in [2.75, 3.05) is 7.11 Å². The van der Waals surface area contributed by atoms with Crippen LogP contribution in [0.5, 0.6) is 0 Å². The van der Waals surface area contributed by atoms with Gasteiger partial charge in [0, 0.05) is 0 Å². The van der Waals surface area contributed by atoms with Crippen LogP contribution in [0.4, 0.5) is 0 Å². The number of methoxy groups -OCH3 is 1. The smallest absolute Gasteiger partial charge is 0.308 e. The van der Waals surface area contributed by atoms with E-state index in [1.165, 1.54) is 7.11 Å². The van der Waals surface area contributed by atoms with Crippen LogP contribution in [-0.2, 0) is 9.53 Å². The number of carbonyl (C=O) groups excluding carboxylic acids is 1. The van der Waals surface area contributed by atoms with E-state index < -0.39 is 12.1 Å². The van der Waals surface area contributed by atoms with Gasteiger partial charge >= 0.3 is 5.97 Å². The van der Waals surface area contributed by atoms with Crippen LogP contribution in [0.3, 0.4) is 0 Å². The van der Waals surface area contributed by atoms with E-state index in [2.05, 4.69) is 4.74 Å². The summed E-state index contributed by atoms with van der Waals surface area (Å²) in [5, 5.41) is 12.2. The minimum Gasteiger partial charge on any atom is -0.469 e. The number of benzene rings is 2. The molecule has 94 valence electrons. The molecule has 0 aliphatic heterocycles. The topological polar surface area (TPSA) is 46.5 Å². The number of hydrogen-bond donors (Lipinski definition) is 1. The lowest BCUT2D eigenvalue weighted by Gasteiger charge is -2.14. The molecule has 2 rings (SSSR count). The summed E-state index contributed by atoms with van der Waals surface area (Å²) in [7, 11) is 1.32. The quantitative estimate of drug-likeness (QED) is 0.844. The Bertz CT molecular complexity index is 575. The lowest BCUT2D eigenvalue weighted by atomic mass is 9.96. The van der Waals surface area contributed by atoms with E-state index in [1.54, 1.807) is 0 Å². The van der Waals surface area contributed by atoms with Crippen LogP contribution in [0.25, 0.3) is 10.8 Å². The van der Waals surface area contributed by atoms with Gasteiger partial charge in [0.25, 0.3) is 0 Å². The van der Waals surface area contributed by atoms with Crippen molar-refractivity contribution in [2.45, 2.75) is 19.4 Å². The minimum atomic E-state index is -0.831. The van der Waals surface area contributed by atoms with Crippen molar-refractivity contribution in [3.63, 3.8) is 0 Å². The molecule has 3 heteroatoms. The first-order valence-electron chi connectivity index (χ1n) is 5.86. The fourth-order valence-corrected chi connectivity index (χ4v) is 2.11. The molecule has 1 N–H and O–H groups in total. The van der Waals surface area contributed by atoms with E-state index in [0.29, 0.717) is 0 Å². The van der Waals surface area contributed by atoms with Gasteiger partial charge in [-0.1, -0.05) is 36.4 Å². The fourth-order valence-electron chi connectivity index (χ4n) is 2.11. The van der Waals surface area contributed by atoms with Gasteiger partial charge in [0.1, 0.15) is 0 Å². The van der Waals surface area contributed by atoms with E-state index in [9.17, 15) is 9.90 Å². The van der Waals surface area contributed by atoms with Crippen LogP contribution >= 0.6 is 0 Å². The molecule has 0 fully saturated rings. The predicted octanol–water partition coefficient (Wildman–Crippen LogP) is 2.74. The summed E-state index contributed by atoms with van der Waals surface area (Å²) in [6, 6.07) is 11.7. The lowest BCUT2D eigenvalue weighted by Crippen LogP contribution is -2.08. The first kappa shape index (κ1) is 12.6. The molecule has 0 radical (unpaired) electrons. The summed E-state index contributed by atoms with van der Waals surface area (Å²) in [5.41, 5.74) is 1.92. The Labute approximate surface area is 106 Å². The molecule has 0 heterocycles. The molecule has 0 aliphatic rings. The largest absolute Gasteiger partial charge is 0.469 e. The standard InChI is InChI=1S/C15H16O3/c1-10-7-8-13(14(16)9-15(17)18-2)12-6-4-3-5-11(10)12/h3-8,14,16H,9H2,1-2H3/t14-/m1/s1. The van der Waals surface area contributed by atoms with Gasteiger partial charge < -0.3 is 9.84 Å². The third-order valence-electron chi connectivity index (χ3n) is 3.12. The molecule has 0 bridgehead atoms. The average Bonchev–Trinajstić information content (AvgIpc) is 2.39. The van der Waals surface area contributed by atoms with Gasteiger partial charge in [0.15, 0.2) is 0 Å². The summed E-state index contributed by atoms with van der Waals surface area (Å²) in [4.78, 5) is 11.2. The Morgan fingerprint density at radius 2 is 1.89 bits per heavy atom. The highest BCUT2D eigenvalue weighted by molar-refractivity contribution is 5.89. The Balaban J connectivity index is 2.45. The molecule has 2 aromatic rings. The minimum absolute atomic E-state index is 0.0243. The maximum atomic E-state index is 11.2. The van der Waals surface area contributed by atoms with Gasteiger partial charge in [-0.15, -0.1) is 0 Å². The maximum Gasteiger partial charge on any atom is 0.308 e. The van der Waals surface area contributed by atoms with Gasteiger partial charge in [0.05, 0.1) is 19.6 Å². The van der Waals surface area contributed by atoms with Crippen molar-refractivity contribution in [1.82, 2.24) is 0 Å². The second-order valence-corrected chi connectivity index (χ2v) is 4.31. The highest BCUT2D eigenvalue weighted by Gasteiger charge is 2.16. The summed E-state index contributed by atoms with van der Waals surface area (Å²) >= 11 is 0.